The van der Waals surface area contributed by atoms with Crippen LogP contribution in [0.15, 0.2) is 30.3 Å². The van der Waals surface area contributed by atoms with Gasteiger partial charge in [-0.3, -0.25) is 9.48 Å². The maximum atomic E-state index is 12.3. The second kappa shape index (κ2) is 7.23. The van der Waals surface area contributed by atoms with Crippen molar-refractivity contribution in [3.05, 3.63) is 46.8 Å². The predicted octanol–water partition coefficient (Wildman–Crippen LogP) is 3.64. The Balaban J connectivity index is 2.12. The molecule has 0 saturated heterocycles. The number of nitrogens with one attached hydrogen (secondary N) is 1. The fourth-order valence-electron chi connectivity index (χ4n) is 1.94. The van der Waals surface area contributed by atoms with E-state index in [0.717, 1.165) is 0 Å². The summed E-state index contributed by atoms with van der Waals surface area (Å²) in [5.74, 6) is -0.616. The van der Waals surface area contributed by atoms with E-state index < -0.39 is 12.5 Å². The molecule has 1 heterocycles. The number of anilines is 1. The lowest BCUT2D eigenvalue weighted by atomic mass is 10.2. The van der Waals surface area contributed by atoms with E-state index in [0.29, 0.717) is 16.4 Å². The van der Waals surface area contributed by atoms with E-state index in [1.165, 1.54) is 35.0 Å². The number of amides is 1. The standard InChI is InChI=1S/C15H14ClF2N3O2/c1-9-10(14(16)21(2)20-9)7-8-13(22)19-11-5-3-4-6-12(11)23-15(17)18/h3-8,15H,1-2H3,(H,19,22)/b8-7+. The molecule has 0 spiro atoms. The Kier molecular flexibility index (Phi) is 5.33. The molecular formula is C15H14ClF2N3O2. The molecule has 8 heteroatoms. The SMILES string of the molecule is Cc1nn(C)c(Cl)c1/C=C/C(=O)Nc1ccccc1OC(F)F. The number of rotatable bonds is 5. The Morgan fingerprint density at radius 2 is 2.13 bits per heavy atom. The van der Waals surface area contributed by atoms with Crippen molar-refractivity contribution >= 4 is 29.3 Å². The average Bonchev–Trinajstić information content (AvgIpc) is 2.72. The molecule has 122 valence electrons. The van der Waals surface area contributed by atoms with Crippen LogP contribution < -0.4 is 10.1 Å². The molecule has 5 nitrogen and oxygen atoms in total. The Morgan fingerprint density at radius 1 is 1.43 bits per heavy atom. The van der Waals surface area contributed by atoms with Gasteiger partial charge in [-0.05, 0) is 25.1 Å². The minimum absolute atomic E-state index is 0.111. The Labute approximate surface area is 136 Å². The van der Waals surface area contributed by atoms with E-state index in [-0.39, 0.29) is 11.4 Å². The number of para-hydroxylation sites is 2. The molecule has 0 atom stereocenters. The summed E-state index contributed by atoms with van der Waals surface area (Å²) in [6, 6.07) is 5.93. The van der Waals surface area contributed by atoms with Crippen molar-refractivity contribution in [3.8, 4) is 5.75 Å². The topological polar surface area (TPSA) is 56.2 Å². The van der Waals surface area contributed by atoms with Gasteiger partial charge in [0.25, 0.3) is 0 Å². The summed E-state index contributed by atoms with van der Waals surface area (Å²) in [7, 11) is 1.69. The maximum Gasteiger partial charge on any atom is 0.387 e. The zero-order valence-electron chi connectivity index (χ0n) is 12.4. The summed E-state index contributed by atoms with van der Waals surface area (Å²) < 4.78 is 30.5. The monoisotopic (exact) mass is 341 g/mol. The minimum Gasteiger partial charge on any atom is -0.433 e. The molecule has 0 fully saturated rings. The van der Waals surface area contributed by atoms with E-state index in [1.807, 2.05) is 0 Å². The van der Waals surface area contributed by atoms with Gasteiger partial charge in [0.1, 0.15) is 10.9 Å². The summed E-state index contributed by atoms with van der Waals surface area (Å²) >= 11 is 6.05. The zero-order valence-corrected chi connectivity index (χ0v) is 13.1. The number of carbonyl (C=O) groups is 1. The molecule has 0 aliphatic rings. The number of nitrogens with zero attached hydrogens (tertiary/aromatic N) is 2. The van der Waals surface area contributed by atoms with Crippen molar-refractivity contribution in [1.82, 2.24) is 9.78 Å². The first-order chi connectivity index (χ1) is 10.9. The lowest BCUT2D eigenvalue weighted by molar-refractivity contribution is -0.111. The molecule has 0 radical (unpaired) electrons. The molecule has 23 heavy (non-hydrogen) atoms. The van der Waals surface area contributed by atoms with Gasteiger partial charge in [-0.15, -0.1) is 0 Å². The molecule has 1 N–H and O–H groups in total. The van der Waals surface area contributed by atoms with Crippen molar-refractivity contribution in [1.29, 1.82) is 0 Å². The molecule has 1 aromatic heterocycles. The average molecular weight is 342 g/mol. The number of carbonyl (C=O) groups excluding carboxylic acids is 1. The van der Waals surface area contributed by atoms with Gasteiger partial charge in [0, 0.05) is 18.7 Å². The van der Waals surface area contributed by atoms with Gasteiger partial charge in [0.2, 0.25) is 5.91 Å². The van der Waals surface area contributed by atoms with Crippen LogP contribution in [-0.2, 0) is 11.8 Å². The summed E-state index contributed by atoms with van der Waals surface area (Å²) in [5, 5.41) is 6.99. The fraction of sp³-hybridized carbons (Fsp3) is 0.200. The number of aryl methyl sites for hydroxylation is 2. The second-order valence-electron chi connectivity index (χ2n) is 4.61. The number of alkyl halides is 2. The van der Waals surface area contributed by atoms with Gasteiger partial charge in [-0.2, -0.15) is 13.9 Å². The molecular weight excluding hydrogens is 328 g/mol. The van der Waals surface area contributed by atoms with E-state index in [1.54, 1.807) is 20.0 Å². The molecule has 0 aliphatic heterocycles. The summed E-state index contributed by atoms with van der Waals surface area (Å²) in [5.41, 5.74) is 1.43. The lowest BCUT2D eigenvalue weighted by Gasteiger charge is -2.10. The highest BCUT2D eigenvalue weighted by atomic mass is 35.5. The first-order valence-corrected chi connectivity index (χ1v) is 6.98. The highest BCUT2D eigenvalue weighted by Crippen LogP contribution is 2.25. The molecule has 0 aliphatic carbocycles. The van der Waals surface area contributed by atoms with Crippen LogP contribution in [0.25, 0.3) is 6.08 Å². The van der Waals surface area contributed by atoms with Gasteiger partial charge >= 0.3 is 6.61 Å². The molecule has 0 bridgehead atoms. The Bertz CT molecular complexity index is 744. The first-order valence-electron chi connectivity index (χ1n) is 6.60. The highest BCUT2D eigenvalue weighted by molar-refractivity contribution is 6.31. The third-order valence-electron chi connectivity index (χ3n) is 2.96. The fourth-order valence-corrected chi connectivity index (χ4v) is 2.18. The van der Waals surface area contributed by atoms with Crippen LogP contribution in [0.1, 0.15) is 11.3 Å². The normalized spacial score (nSPS) is 11.2. The number of ether oxygens (including phenoxy) is 1. The highest BCUT2D eigenvalue weighted by Gasteiger charge is 2.11. The van der Waals surface area contributed by atoms with Gasteiger partial charge in [-0.25, -0.2) is 0 Å². The van der Waals surface area contributed by atoms with Gasteiger partial charge < -0.3 is 10.1 Å². The van der Waals surface area contributed by atoms with E-state index in [4.69, 9.17) is 11.6 Å². The summed E-state index contributed by atoms with van der Waals surface area (Å²) in [4.78, 5) is 11.9. The van der Waals surface area contributed by atoms with Crippen LogP contribution in [0, 0.1) is 6.92 Å². The Hall–Kier alpha value is -2.41. The van der Waals surface area contributed by atoms with Gasteiger partial charge in [0.15, 0.2) is 0 Å². The minimum atomic E-state index is -2.97. The third-order valence-corrected chi connectivity index (χ3v) is 3.41. The van der Waals surface area contributed by atoms with Crippen LogP contribution in [0.4, 0.5) is 14.5 Å². The quantitative estimate of drug-likeness (QED) is 0.845. The molecule has 0 unspecified atom stereocenters. The zero-order chi connectivity index (χ0) is 17.0. The van der Waals surface area contributed by atoms with Crippen molar-refractivity contribution in [2.24, 2.45) is 7.05 Å². The van der Waals surface area contributed by atoms with Gasteiger partial charge in [0.05, 0.1) is 11.4 Å². The third kappa shape index (κ3) is 4.29. The Morgan fingerprint density at radius 3 is 2.74 bits per heavy atom. The number of hydrogen-bond donors (Lipinski definition) is 1. The van der Waals surface area contributed by atoms with E-state index in [9.17, 15) is 13.6 Å². The van der Waals surface area contributed by atoms with Crippen LogP contribution >= 0.6 is 11.6 Å². The second-order valence-corrected chi connectivity index (χ2v) is 4.97. The van der Waals surface area contributed by atoms with Crippen LogP contribution in [-0.4, -0.2) is 22.3 Å². The summed E-state index contributed by atoms with van der Waals surface area (Å²) in [6.45, 7) is -1.21. The molecule has 2 rings (SSSR count). The largest absolute Gasteiger partial charge is 0.433 e. The number of benzene rings is 1. The summed E-state index contributed by atoms with van der Waals surface area (Å²) in [6.07, 6.45) is 2.76. The molecule has 0 saturated carbocycles. The maximum absolute atomic E-state index is 12.3. The lowest BCUT2D eigenvalue weighted by Crippen LogP contribution is -2.11. The number of hydrogen-bond acceptors (Lipinski definition) is 3. The van der Waals surface area contributed by atoms with E-state index in [2.05, 4.69) is 15.2 Å². The van der Waals surface area contributed by atoms with Crippen molar-refractivity contribution < 1.29 is 18.3 Å². The van der Waals surface area contributed by atoms with Crippen LogP contribution in [0.2, 0.25) is 5.15 Å². The molecule has 2 aromatic rings. The van der Waals surface area contributed by atoms with Crippen LogP contribution in [0.3, 0.4) is 0 Å². The molecule has 1 aromatic carbocycles. The first kappa shape index (κ1) is 17.0. The van der Waals surface area contributed by atoms with Crippen molar-refractivity contribution in [2.45, 2.75) is 13.5 Å². The van der Waals surface area contributed by atoms with Crippen LogP contribution in [0.5, 0.6) is 5.75 Å². The number of halogens is 3. The smallest absolute Gasteiger partial charge is 0.387 e. The van der Waals surface area contributed by atoms with Crippen molar-refractivity contribution in [2.75, 3.05) is 5.32 Å². The predicted molar refractivity (Wildman–Crippen MR) is 83.7 cm³/mol. The van der Waals surface area contributed by atoms with Crippen molar-refractivity contribution in [3.63, 3.8) is 0 Å². The van der Waals surface area contributed by atoms with Gasteiger partial charge in [-0.1, -0.05) is 23.7 Å². The molecule has 1 amide bonds. The van der Waals surface area contributed by atoms with E-state index >= 15 is 0 Å². The number of aromatic nitrogens is 2.